The Morgan fingerprint density at radius 3 is 2.90 bits per heavy atom. The summed E-state index contributed by atoms with van der Waals surface area (Å²) in [6, 6.07) is 1.06. The number of hydrogen-bond donors (Lipinski definition) is 0. The summed E-state index contributed by atoms with van der Waals surface area (Å²) < 4.78 is 0. The van der Waals surface area contributed by atoms with E-state index in [4.69, 9.17) is 0 Å². The van der Waals surface area contributed by atoms with Crippen molar-refractivity contribution < 1.29 is 4.79 Å². The molecule has 4 nitrogen and oxygen atoms in total. The van der Waals surface area contributed by atoms with Crippen LogP contribution in [0, 0.1) is 6.92 Å². The number of thiazole rings is 1. The minimum Gasteiger partial charge on any atom is -0.338 e. The molecule has 2 fully saturated rings. The Balaban J connectivity index is 1.63. The number of carbonyl (C=O) groups excluding carboxylic acids is 1. The topological polar surface area (TPSA) is 36.4 Å². The lowest BCUT2D eigenvalue weighted by molar-refractivity contribution is -0.130. The van der Waals surface area contributed by atoms with Crippen LogP contribution in [0.2, 0.25) is 0 Å². The van der Waals surface area contributed by atoms with Crippen molar-refractivity contribution in [2.45, 2.75) is 58.2 Å². The zero-order chi connectivity index (χ0) is 14.1. The van der Waals surface area contributed by atoms with Gasteiger partial charge in [-0.15, -0.1) is 11.3 Å². The molecule has 1 amide bonds. The predicted octanol–water partition coefficient (Wildman–Crippen LogP) is 2.43. The van der Waals surface area contributed by atoms with Gasteiger partial charge in [-0.1, -0.05) is 0 Å². The molecule has 1 saturated heterocycles. The minimum absolute atomic E-state index is 0.244. The van der Waals surface area contributed by atoms with Gasteiger partial charge < -0.3 is 4.90 Å². The van der Waals surface area contributed by atoms with E-state index in [-0.39, 0.29) is 5.91 Å². The van der Waals surface area contributed by atoms with Crippen LogP contribution in [0.25, 0.3) is 0 Å². The van der Waals surface area contributed by atoms with E-state index in [2.05, 4.69) is 21.7 Å². The van der Waals surface area contributed by atoms with Crippen molar-refractivity contribution in [1.82, 2.24) is 14.8 Å². The molecule has 0 radical (unpaired) electrons. The summed E-state index contributed by atoms with van der Waals surface area (Å²) in [7, 11) is 0. The maximum Gasteiger partial charge on any atom is 0.219 e. The number of nitrogens with zero attached hydrogens (tertiary/aromatic N) is 3. The first-order valence-corrected chi connectivity index (χ1v) is 8.43. The van der Waals surface area contributed by atoms with Gasteiger partial charge in [0.25, 0.3) is 0 Å². The zero-order valence-electron chi connectivity index (χ0n) is 12.3. The first-order chi connectivity index (χ1) is 9.65. The maximum absolute atomic E-state index is 11.8. The van der Waals surface area contributed by atoms with Gasteiger partial charge in [-0.25, -0.2) is 4.98 Å². The molecule has 1 unspecified atom stereocenters. The summed E-state index contributed by atoms with van der Waals surface area (Å²) in [6.07, 6.45) is 4.85. The van der Waals surface area contributed by atoms with Crippen molar-refractivity contribution in [3.63, 3.8) is 0 Å². The minimum atomic E-state index is 0.244. The van der Waals surface area contributed by atoms with Crippen LogP contribution in [0.4, 0.5) is 0 Å². The van der Waals surface area contributed by atoms with Gasteiger partial charge in [-0.3, -0.25) is 9.69 Å². The highest BCUT2D eigenvalue weighted by molar-refractivity contribution is 7.09. The van der Waals surface area contributed by atoms with E-state index in [9.17, 15) is 4.79 Å². The molecule has 0 aromatic carbocycles. The molecule has 0 bridgehead atoms. The lowest BCUT2D eigenvalue weighted by Gasteiger charge is -2.30. The third kappa shape index (κ3) is 3.04. The molecule has 0 N–H and O–H groups in total. The summed E-state index contributed by atoms with van der Waals surface area (Å²) in [5, 5.41) is 0. The highest BCUT2D eigenvalue weighted by atomic mass is 32.1. The van der Waals surface area contributed by atoms with Gasteiger partial charge in [0.15, 0.2) is 0 Å². The van der Waals surface area contributed by atoms with Crippen molar-refractivity contribution in [1.29, 1.82) is 0 Å². The highest BCUT2D eigenvalue weighted by Crippen LogP contribution is 2.30. The molecule has 1 atom stereocenters. The number of rotatable bonds is 5. The van der Waals surface area contributed by atoms with Gasteiger partial charge in [0.2, 0.25) is 5.91 Å². The van der Waals surface area contributed by atoms with E-state index in [1.165, 1.54) is 30.6 Å². The van der Waals surface area contributed by atoms with E-state index < -0.39 is 0 Å². The van der Waals surface area contributed by atoms with E-state index in [0.717, 1.165) is 25.3 Å². The largest absolute Gasteiger partial charge is 0.338 e. The van der Waals surface area contributed by atoms with Gasteiger partial charge in [0, 0.05) is 37.0 Å². The van der Waals surface area contributed by atoms with Crippen LogP contribution in [-0.2, 0) is 11.3 Å². The summed E-state index contributed by atoms with van der Waals surface area (Å²) in [5.74, 6) is 0.244. The number of likely N-dealkylation sites (tertiary alicyclic amines) is 1. The van der Waals surface area contributed by atoms with Crippen LogP contribution in [0.1, 0.15) is 43.2 Å². The SMILES string of the molecule is CC(=O)N(CC1CCCN1Cc1scnc1C)C1CC1. The molecule has 1 aromatic rings. The van der Waals surface area contributed by atoms with Gasteiger partial charge >= 0.3 is 0 Å². The fraction of sp³-hybridized carbons (Fsp3) is 0.733. The quantitative estimate of drug-likeness (QED) is 0.836. The Hall–Kier alpha value is -0.940. The normalized spacial score (nSPS) is 23.2. The monoisotopic (exact) mass is 293 g/mol. The number of aromatic nitrogens is 1. The molecule has 0 spiro atoms. The molecule has 2 heterocycles. The molecule has 1 aliphatic heterocycles. The van der Waals surface area contributed by atoms with Crippen molar-refractivity contribution >= 4 is 17.2 Å². The third-order valence-corrected chi connectivity index (χ3v) is 5.41. The van der Waals surface area contributed by atoms with Crippen molar-refractivity contribution in [3.8, 4) is 0 Å². The number of aryl methyl sites for hydroxylation is 1. The van der Waals surface area contributed by atoms with Gasteiger partial charge in [0.05, 0.1) is 11.2 Å². The molecule has 1 aliphatic carbocycles. The first kappa shape index (κ1) is 14.0. The van der Waals surface area contributed by atoms with Gasteiger partial charge in [0.1, 0.15) is 0 Å². The van der Waals surface area contributed by atoms with Crippen molar-refractivity contribution in [2.75, 3.05) is 13.1 Å². The highest BCUT2D eigenvalue weighted by Gasteiger charge is 2.35. The molecule has 1 aromatic heterocycles. The standard InChI is InChI=1S/C15H23N3OS/c1-11-15(20-10-16-11)9-17-7-3-4-14(17)8-18(12(2)19)13-5-6-13/h10,13-14H,3-9H2,1-2H3. The van der Waals surface area contributed by atoms with E-state index >= 15 is 0 Å². The molecule has 20 heavy (non-hydrogen) atoms. The Morgan fingerprint density at radius 1 is 1.50 bits per heavy atom. The molecule has 5 heteroatoms. The molecular weight excluding hydrogens is 270 g/mol. The van der Waals surface area contributed by atoms with Gasteiger partial charge in [-0.2, -0.15) is 0 Å². The Labute approximate surface area is 124 Å². The number of hydrogen-bond acceptors (Lipinski definition) is 4. The van der Waals surface area contributed by atoms with Crippen LogP contribution in [0.3, 0.4) is 0 Å². The van der Waals surface area contributed by atoms with Crippen LogP contribution >= 0.6 is 11.3 Å². The molecule has 2 aliphatic rings. The van der Waals surface area contributed by atoms with E-state index in [1.807, 2.05) is 5.51 Å². The number of carbonyl (C=O) groups is 1. The molecular formula is C15H23N3OS. The lowest BCUT2D eigenvalue weighted by atomic mass is 10.2. The lowest BCUT2D eigenvalue weighted by Crippen LogP contribution is -2.43. The second kappa shape index (κ2) is 5.82. The fourth-order valence-electron chi connectivity index (χ4n) is 3.12. The smallest absolute Gasteiger partial charge is 0.219 e. The van der Waals surface area contributed by atoms with Crippen LogP contribution in [0.5, 0.6) is 0 Å². The summed E-state index contributed by atoms with van der Waals surface area (Å²) in [4.78, 5) is 22.1. The van der Waals surface area contributed by atoms with Crippen LogP contribution in [-0.4, -0.2) is 45.9 Å². The molecule has 3 rings (SSSR count). The van der Waals surface area contributed by atoms with Gasteiger partial charge in [-0.05, 0) is 39.2 Å². The van der Waals surface area contributed by atoms with Crippen molar-refractivity contribution in [2.24, 2.45) is 0 Å². The van der Waals surface area contributed by atoms with E-state index in [1.54, 1.807) is 18.3 Å². The molecule has 110 valence electrons. The fourth-order valence-corrected chi connectivity index (χ4v) is 3.92. The van der Waals surface area contributed by atoms with Crippen molar-refractivity contribution in [3.05, 3.63) is 16.1 Å². The predicted molar refractivity (Wildman–Crippen MR) is 80.7 cm³/mol. The second-order valence-corrected chi connectivity index (χ2v) is 6.97. The maximum atomic E-state index is 11.8. The summed E-state index contributed by atoms with van der Waals surface area (Å²) in [6.45, 7) is 6.86. The average Bonchev–Trinajstić information content (AvgIpc) is 3.03. The van der Waals surface area contributed by atoms with E-state index in [0.29, 0.717) is 12.1 Å². The first-order valence-electron chi connectivity index (χ1n) is 7.55. The zero-order valence-corrected chi connectivity index (χ0v) is 13.2. The summed E-state index contributed by atoms with van der Waals surface area (Å²) >= 11 is 1.75. The number of amides is 1. The Bertz CT molecular complexity index is 483. The van der Waals surface area contributed by atoms with Crippen LogP contribution < -0.4 is 0 Å². The second-order valence-electron chi connectivity index (χ2n) is 6.03. The Kier molecular flexibility index (Phi) is 4.08. The average molecular weight is 293 g/mol. The van der Waals surface area contributed by atoms with Crippen LogP contribution in [0.15, 0.2) is 5.51 Å². The molecule has 1 saturated carbocycles. The Morgan fingerprint density at radius 2 is 2.30 bits per heavy atom. The summed E-state index contributed by atoms with van der Waals surface area (Å²) in [5.41, 5.74) is 3.09. The third-order valence-electron chi connectivity index (χ3n) is 4.49.